The number of para-hydroxylation sites is 1. The van der Waals surface area contributed by atoms with E-state index in [0.717, 1.165) is 27.9 Å². The molecule has 5 nitrogen and oxygen atoms in total. The maximum absolute atomic E-state index is 12.6. The van der Waals surface area contributed by atoms with Gasteiger partial charge in [0.05, 0.1) is 12.1 Å². The van der Waals surface area contributed by atoms with E-state index in [2.05, 4.69) is 4.99 Å². The number of thioether (sulfide) groups is 2. The molecule has 0 saturated heterocycles. The summed E-state index contributed by atoms with van der Waals surface area (Å²) in [6.07, 6.45) is 0. The van der Waals surface area contributed by atoms with Crippen molar-refractivity contribution in [3.63, 3.8) is 0 Å². The second kappa shape index (κ2) is 10.3. The number of rotatable bonds is 7. The van der Waals surface area contributed by atoms with E-state index >= 15 is 0 Å². The van der Waals surface area contributed by atoms with Gasteiger partial charge in [0.1, 0.15) is 4.38 Å². The van der Waals surface area contributed by atoms with Crippen molar-refractivity contribution in [2.45, 2.75) is 12.7 Å². The summed E-state index contributed by atoms with van der Waals surface area (Å²) in [4.78, 5) is 31.1. The Balaban J connectivity index is 1.60. The molecule has 0 radical (unpaired) electrons. The Kier molecular flexibility index (Phi) is 7.56. The number of hydrogen-bond donors (Lipinski definition) is 0. The van der Waals surface area contributed by atoms with Crippen LogP contribution in [0.4, 0.5) is 5.69 Å². The molecule has 0 aromatic heterocycles. The summed E-state index contributed by atoms with van der Waals surface area (Å²) >= 11 is 3.37. The quantitative estimate of drug-likeness (QED) is 0.635. The van der Waals surface area contributed by atoms with Gasteiger partial charge in [0.25, 0.3) is 5.91 Å². The van der Waals surface area contributed by atoms with Crippen molar-refractivity contribution < 1.29 is 14.3 Å². The molecule has 0 unspecified atom stereocenters. The van der Waals surface area contributed by atoms with Crippen LogP contribution in [-0.2, 0) is 15.3 Å². The van der Waals surface area contributed by atoms with Crippen LogP contribution in [0.2, 0.25) is 0 Å². The summed E-state index contributed by atoms with van der Waals surface area (Å²) in [5, 5.41) is 0. The van der Waals surface area contributed by atoms with Gasteiger partial charge in [0.2, 0.25) is 0 Å². The highest BCUT2D eigenvalue weighted by Gasteiger charge is 2.19. The van der Waals surface area contributed by atoms with Crippen molar-refractivity contribution in [2.24, 2.45) is 4.99 Å². The van der Waals surface area contributed by atoms with Gasteiger partial charge in [-0.05, 0) is 30.7 Å². The van der Waals surface area contributed by atoms with Crippen LogP contribution >= 0.6 is 23.5 Å². The largest absolute Gasteiger partial charge is 0.452 e. The van der Waals surface area contributed by atoms with E-state index in [-0.39, 0.29) is 12.5 Å². The van der Waals surface area contributed by atoms with Crippen molar-refractivity contribution in [3.8, 4) is 0 Å². The number of carbonyl (C=O) groups is 2. The molecule has 2 aromatic carbocycles. The highest BCUT2D eigenvalue weighted by Crippen LogP contribution is 2.26. The zero-order valence-corrected chi connectivity index (χ0v) is 17.3. The van der Waals surface area contributed by atoms with E-state index in [1.54, 1.807) is 40.6 Å². The van der Waals surface area contributed by atoms with Crippen molar-refractivity contribution in [1.82, 2.24) is 0 Å². The molecule has 2 aromatic rings. The molecule has 1 aliphatic rings. The van der Waals surface area contributed by atoms with E-state index < -0.39 is 5.97 Å². The van der Waals surface area contributed by atoms with Gasteiger partial charge in [-0.25, -0.2) is 4.79 Å². The van der Waals surface area contributed by atoms with Gasteiger partial charge < -0.3 is 9.64 Å². The number of ether oxygens (including phenoxy) is 1. The molecule has 7 heteroatoms. The van der Waals surface area contributed by atoms with E-state index in [1.807, 2.05) is 49.4 Å². The van der Waals surface area contributed by atoms with Gasteiger partial charge in [0, 0.05) is 23.7 Å². The highest BCUT2D eigenvalue weighted by molar-refractivity contribution is 8.38. The maximum Gasteiger partial charge on any atom is 0.338 e. The molecule has 1 amide bonds. The van der Waals surface area contributed by atoms with E-state index in [9.17, 15) is 9.59 Å². The van der Waals surface area contributed by atoms with Gasteiger partial charge in [0.15, 0.2) is 6.61 Å². The minimum atomic E-state index is -0.477. The molecule has 1 aliphatic heterocycles. The van der Waals surface area contributed by atoms with Crippen LogP contribution in [0.1, 0.15) is 22.8 Å². The predicted octanol–water partition coefficient (Wildman–Crippen LogP) is 4.23. The standard InChI is InChI=1S/C21H22N2O3S2/c1-2-23(17-9-4-3-5-10-17)19(24)14-26-20(25)18-11-7-6-8-16(18)15-28-21-22-12-13-27-21/h3-11H,2,12-15H2,1H3. The monoisotopic (exact) mass is 414 g/mol. The van der Waals surface area contributed by atoms with Crippen molar-refractivity contribution in [1.29, 1.82) is 0 Å². The van der Waals surface area contributed by atoms with Crippen LogP contribution in [0.15, 0.2) is 59.6 Å². The van der Waals surface area contributed by atoms with Gasteiger partial charge in [-0.2, -0.15) is 0 Å². The number of carbonyl (C=O) groups excluding carboxylic acids is 2. The van der Waals surface area contributed by atoms with E-state index in [1.165, 1.54) is 0 Å². The normalized spacial score (nSPS) is 13.1. The number of amides is 1. The average molecular weight is 415 g/mol. The molecule has 0 bridgehead atoms. The third kappa shape index (κ3) is 5.39. The smallest absolute Gasteiger partial charge is 0.338 e. The molecule has 0 spiro atoms. The molecule has 0 saturated carbocycles. The third-order valence-electron chi connectivity index (χ3n) is 4.16. The fourth-order valence-corrected chi connectivity index (χ4v) is 4.79. The fourth-order valence-electron chi connectivity index (χ4n) is 2.78. The van der Waals surface area contributed by atoms with Gasteiger partial charge in [-0.1, -0.05) is 59.9 Å². The predicted molar refractivity (Wildman–Crippen MR) is 117 cm³/mol. The molecule has 28 heavy (non-hydrogen) atoms. The van der Waals surface area contributed by atoms with Gasteiger partial charge >= 0.3 is 5.97 Å². The molecule has 0 atom stereocenters. The van der Waals surface area contributed by atoms with Crippen molar-refractivity contribution in [2.75, 3.05) is 30.3 Å². The van der Waals surface area contributed by atoms with Crippen LogP contribution in [0, 0.1) is 0 Å². The fraction of sp³-hybridized carbons (Fsp3) is 0.286. The molecular formula is C21H22N2O3S2. The summed E-state index contributed by atoms with van der Waals surface area (Å²) in [5.41, 5.74) is 2.17. The lowest BCUT2D eigenvalue weighted by atomic mass is 10.1. The zero-order chi connectivity index (χ0) is 19.8. The second-order valence-corrected chi connectivity index (χ2v) is 8.30. The topological polar surface area (TPSA) is 59.0 Å². The van der Waals surface area contributed by atoms with Crippen molar-refractivity contribution in [3.05, 3.63) is 65.7 Å². The van der Waals surface area contributed by atoms with Crippen LogP contribution in [0.25, 0.3) is 0 Å². The Hall–Kier alpha value is -2.25. The van der Waals surface area contributed by atoms with Crippen LogP contribution in [0.5, 0.6) is 0 Å². The zero-order valence-electron chi connectivity index (χ0n) is 15.7. The number of hydrogen-bond acceptors (Lipinski definition) is 6. The first kappa shape index (κ1) is 20.5. The van der Waals surface area contributed by atoms with Gasteiger partial charge in [-0.3, -0.25) is 9.79 Å². The first-order valence-electron chi connectivity index (χ1n) is 9.09. The maximum atomic E-state index is 12.6. The number of anilines is 1. The lowest BCUT2D eigenvalue weighted by Gasteiger charge is -2.21. The second-order valence-electron chi connectivity index (χ2n) is 5.99. The lowest BCUT2D eigenvalue weighted by molar-refractivity contribution is -0.121. The summed E-state index contributed by atoms with van der Waals surface area (Å²) in [6, 6.07) is 16.7. The Morgan fingerprint density at radius 3 is 2.61 bits per heavy atom. The van der Waals surface area contributed by atoms with Gasteiger partial charge in [-0.15, -0.1) is 0 Å². The minimum absolute atomic E-state index is 0.245. The lowest BCUT2D eigenvalue weighted by Crippen LogP contribution is -2.34. The third-order valence-corrected chi connectivity index (χ3v) is 6.46. The molecule has 0 fully saturated rings. The van der Waals surface area contributed by atoms with Crippen molar-refractivity contribution >= 4 is 45.5 Å². The molecule has 3 rings (SSSR count). The van der Waals surface area contributed by atoms with Crippen LogP contribution < -0.4 is 4.90 Å². The summed E-state index contributed by atoms with van der Waals surface area (Å²) in [7, 11) is 0. The Bertz CT molecular complexity index is 856. The molecule has 0 aliphatic carbocycles. The Morgan fingerprint density at radius 1 is 1.14 bits per heavy atom. The van der Waals surface area contributed by atoms with Crippen LogP contribution in [-0.4, -0.2) is 41.7 Å². The number of likely N-dealkylation sites (N-methyl/N-ethyl adjacent to an activating group) is 1. The number of benzene rings is 2. The number of aliphatic imine (C=N–C) groups is 1. The SMILES string of the molecule is CCN(C(=O)COC(=O)c1ccccc1CSC1=NCCS1)c1ccccc1. The van der Waals surface area contributed by atoms with E-state index in [4.69, 9.17) is 4.74 Å². The molecular weight excluding hydrogens is 392 g/mol. The summed E-state index contributed by atoms with van der Waals surface area (Å²) in [5.74, 6) is 0.944. The first-order chi connectivity index (χ1) is 13.7. The molecule has 0 N–H and O–H groups in total. The minimum Gasteiger partial charge on any atom is -0.452 e. The Morgan fingerprint density at radius 2 is 1.89 bits per heavy atom. The van der Waals surface area contributed by atoms with E-state index in [0.29, 0.717) is 17.9 Å². The first-order valence-corrected chi connectivity index (χ1v) is 11.1. The summed E-state index contributed by atoms with van der Waals surface area (Å²) in [6.45, 7) is 2.97. The van der Waals surface area contributed by atoms with Crippen LogP contribution in [0.3, 0.4) is 0 Å². The summed E-state index contributed by atoms with van der Waals surface area (Å²) < 4.78 is 6.39. The highest BCUT2D eigenvalue weighted by atomic mass is 32.2. The molecule has 146 valence electrons. The average Bonchev–Trinajstić information content (AvgIpc) is 3.26. The Labute approximate surface area is 173 Å². The number of nitrogens with zero attached hydrogens (tertiary/aromatic N) is 2. The number of esters is 1. The molecule has 1 heterocycles.